The molecule has 0 aromatic heterocycles. The number of carboxylic acid groups (broad SMARTS) is 1. The van der Waals surface area contributed by atoms with Gasteiger partial charge >= 0.3 is 11.9 Å². The van der Waals surface area contributed by atoms with E-state index in [0.29, 0.717) is 32.4 Å². The van der Waals surface area contributed by atoms with Gasteiger partial charge in [0.1, 0.15) is 17.9 Å². The van der Waals surface area contributed by atoms with Crippen LogP contribution >= 0.6 is 11.6 Å². The molecule has 4 amide bonds. The Hall–Kier alpha value is -3.83. The van der Waals surface area contributed by atoms with Crippen molar-refractivity contribution in [3.05, 3.63) is 0 Å². The number of rotatable bonds is 8. The third-order valence-electron chi connectivity index (χ3n) is 6.75. The van der Waals surface area contributed by atoms with E-state index in [0.717, 1.165) is 51.9 Å². The lowest BCUT2D eigenvalue weighted by atomic mass is 10.0. The van der Waals surface area contributed by atoms with Crippen molar-refractivity contribution in [1.82, 2.24) is 21.3 Å². The van der Waals surface area contributed by atoms with E-state index in [2.05, 4.69) is 37.6 Å². The molecule has 302 valence electrons. The summed E-state index contributed by atoms with van der Waals surface area (Å²) < 4.78 is 4.35. The van der Waals surface area contributed by atoms with Gasteiger partial charge in [0.05, 0.1) is 25.2 Å². The molecule has 22 heteroatoms. The van der Waals surface area contributed by atoms with Crippen LogP contribution in [0.1, 0.15) is 58.8 Å². The van der Waals surface area contributed by atoms with E-state index in [-0.39, 0.29) is 58.7 Å². The Kier molecular flexibility index (Phi) is 32.2. The van der Waals surface area contributed by atoms with E-state index >= 15 is 0 Å². The molecule has 0 radical (unpaired) electrons. The first kappa shape index (κ1) is 52.5. The molecule has 52 heavy (non-hydrogen) atoms. The quantitative estimate of drug-likeness (QED) is 0.0811. The smallest absolute Gasteiger partial charge is 0.322 e. The lowest BCUT2D eigenvalue weighted by molar-refractivity contribution is -0.142. The zero-order valence-corrected chi connectivity index (χ0v) is 31.0. The van der Waals surface area contributed by atoms with Gasteiger partial charge < -0.3 is 76.0 Å². The Morgan fingerprint density at radius 1 is 0.712 bits per heavy atom. The molecule has 4 fully saturated rings. The van der Waals surface area contributed by atoms with E-state index in [9.17, 15) is 38.4 Å². The molecule has 4 aliphatic rings. The molecule has 0 aromatic carbocycles. The second-order valence-corrected chi connectivity index (χ2v) is 12.0. The minimum atomic E-state index is -0.990. The van der Waals surface area contributed by atoms with E-state index in [1.54, 1.807) is 0 Å². The maximum atomic E-state index is 10.8. The molecule has 0 bridgehead atoms. The maximum Gasteiger partial charge on any atom is 0.322 e. The number of aliphatic carboxylic acids is 1. The first-order valence-corrected chi connectivity index (χ1v) is 16.9. The zero-order valence-electron chi connectivity index (χ0n) is 30.2. The second-order valence-electron chi connectivity index (χ2n) is 11.4. The molecule has 0 saturated carbocycles. The second kappa shape index (κ2) is 31.9. The van der Waals surface area contributed by atoms with Crippen LogP contribution in [-0.2, 0) is 43.1 Å². The summed E-state index contributed by atoms with van der Waals surface area (Å²) in [6.45, 7) is 6.54. The topological polar surface area (TPSA) is 396 Å². The molecule has 4 heterocycles. The van der Waals surface area contributed by atoms with Gasteiger partial charge in [-0.3, -0.25) is 33.6 Å². The molecule has 21 nitrogen and oxygen atoms in total. The van der Waals surface area contributed by atoms with Crippen molar-refractivity contribution in [3.63, 3.8) is 0 Å². The lowest BCUT2D eigenvalue weighted by Crippen LogP contribution is -2.33. The highest BCUT2D eigenvalue weighted by atomic mass is 35.5. The van der Waals surface area contributed by atoms with Gasteiger partial charge in [-0.25, -0.2) is 0 Å². The number of nitrogens with two attached hydrogens (primary N) is 7. The molecule has 19 N–H and O–H groups in total. The monoisotopic (exact) mass is 769 g/mol. The third-order valence-corrected chi connectivity index (χ3v) is 6.75. The van der Waals surface area contributed by atoms with Gasteiger partial charge in [0.15, 0.2) is 0 Å². The van der Waals surface area contributed by atoms with E-state index in [1.165, 1.54) is 21.0 Å². The van der Waals surface area contributed by atoms with Crippen LogP contribution in [0, 0.1) is 5.92 Å². The van der Waals surface area contributed by atoms with Crippen LogP contribution in [0.2, 0.25) is 0 Å². The molecule has 0 aromatic rings. The number of ketones is 1. The number of methoxy groups -OCH3 is 1. The number of hydrogen-bond donors (Lipinski definition) is 12. The van der Waals surface area contributed by atoms with E-state index in [4.69, 9.17) is 45.2 Å². The van der Waals surface area contributed by atoms with Crippen molar-refractivity contribution in [1.29, 1.82) is 0 Å². The first-order valence-electron chi connectivity index (χ1n) is 16.5. The molecule has 4 saturated heterocycles. The molecule has 4 rings (SSSR count). The van der Waals surface area contributed by atoms with Crippen molar-refractivity contribution in [2.75, 3.05) is 46.4 Å². The molecule has 6 atom stereocenters. The third kappa shape index (κ3) is 29.9. The van der Waals surface area contributed by atoms with Gasteiger partial charge in [0.2, 0.25) is 28.9 Å². The zero-order chi connectivity index (χ0) is 40.8. The fraction of sp³-hybridized carbons (Fsp3) is 0.733. The highest BCUT2D eigenvalue weighted by Crippen LogP contribution is 2.13. The molecule has 0 unspecified atom stereocenters. The highest BCUT2D eigenvalue weighted by molar-refractivity contribution is 6.62. The van der Waals surface area contributed by atoms with Crippen LogP contribution in [0.15, 0.2) is 0 Å². The highest BCUT2D eigenvalue weighted by Gasteiger charge is 2.24. The standard InChI is InChI=1S/C7H11NO2.C5H12N2O2.C4H10N2O2.3C4H8N2O.C2H3ClO/c1-5(9)4-6-2-3-8-7(6)10;1-9-5(8)4(7)2-3-6;5-2-1-3(6)4(7)8;3*5-3-1-2-6-4(3)7;1-2(3)4/h6H,2-4H2,1H3,(H,8,10);4H,2-3,6-7H2,1H3;3H,1-2,5-6H2,(H,7,8);3*3H,1-2,5H2,(H,6,7);1H3/t6-;4-;4*3-;/m100000./s1. The van der Waals surface area contributed by atoms with Gasteiger partial charge in [0.25, 0.3) is 0 Å². The van der Waals surface area contributed by atoms with Crippen LogP contribution < -0.4 is 61.4 Å². The summed E-state index contributed by atoms with van der Waals surface area (Å²) >= 11 is 4.64. The van der Waals surface area contributed by atoms with Crippen molar-refractivity contribution < 1.29 is 48.2 Å². The average molecular weight is 770 g/mol. The number of esters is 1. The summed E-state index contributed by atoms with van der Waals surface area (Å²) in [5.74, 6) is -1.34. The number of ether oxygens (including phenoxy) is 1. The number of carbonyl (C=O) groups excluding carboxylic acids is 7. The van der Waals surface area contributed by atoms with Crippen LogP contribution in [0.3, 0.4) is 0 Å². The minimum absolute atomic E-state index is 0.0139. The number of amides is 4. The average Bonchev–Trinajstić information content (AvgIpc) is 3.86. The van der Waals surface area contributed by atoms with Gasteiger partial charge in [-0.1, -0.05) is 0 Å². The summed E-state index contributed by atoms with van der Waals surface area (Å²) in [6, 6.07) is -2.06. The van der Waals surface area contributed by atoms with Crippen LogP contribution in [-0.4, -0.2) is 128 Å². The Labute approximate surface area is 308 Å². The maximum absolute atomic E-state index is 10.8. The Morgan fingerprint density at radius 3 is 1.21 bits per heavy atom. The van der Waals surface area contributed by atoms with Crippen LogP contribution in [0.4, 0.5) is 0 Å². The molecular formula is C30H60ClN11O10. The van der Waals surface area contributed by atoms with Crippen molar-refractivity contribution in [2.45, 2.75) is 89.0 Å². The fourth-order valence-corrected chi connectivity index (χ4v) is 3.78. The number of carbonyl (C=O) groups is 8. The molecular weight excluding hydrogens is 710 g/mol. The normalized spacial score (nSPS) is 21.8. The molecule has 0 aliphatic carbocycles. The summed E-state index contributed by atoms with van der Waals surface area (Å²) in [5, 5.41) is 18.3. The summed E-state index contributed by atoms with van der Waals surface area (Å²) in [6.07, 6.45) is 4.42. The SMILES string of the molecule is CC(=O)C[C@H]1CCNC1=O.CC(=O)Cl.COC(=O)[C@@H](N)CCN.NCC[C@H](N)C(=O)O.N[C@H]1CCNC1=O.N[C@H]1CCNC1=O.N[C@H]1CCNC1=O. The summed E-state index contributed by atoms with van der Waals surface area (Å²) in [5.41, 5.74) is 36.3. The Balaban J connectivity index is -0.000000545. The largest absolute Gasteiger partial charge is 0.480 e. The van der Waals surface area contributed by atoms with Gasteiger partial charge in [-0.05, 0) is 70.1 Å². The summed E-state index contributed by atoms with van der Waals surface area (Å²) in [7, 11) is 1.30. The van der Waals surface area contributed by atoms with Gasteiger partial charge in [0, 0.05) is 45.4 Å². The predicted molar refractivity (Wildman–Crippen MR) is 193 cm³/mol. The fourth-order valence-electron chi connectivity index (χ4n) is 3.78. The Bertz CT molecular complexity index is 1060. The van der Waals surface area contributed by atoms with E-state index in [1.807, 2.05) is 0 Å². The molecule has 0 spiro atoms. The van der Waals surface area contributed by atoms with Crippen LogP contribution in [0.5, 0.6) is 0 Å². The minimum Gasteiger partial charge on any atom is -0.480 e. The number of carboxylic acids is 1. The molecule has 4 aliphatic heterocycles. The van der Waals surface area contributed by atoms with Crippen molar-refractivity contribution in [3.8, 4) is 0 Å². The number of nitrogens with one attached hydrogen (secondary N) is 4. The number of Topliss-reactive ketones (excluding diaryl/α,β-unsaturated/α-hetero) is 1. The van der Waals surface area contributed by atoms with Gasteiger partial charge in [-0.15, -0.1) is 0 Å². The number of hydrogen-bond acceptors (Lipinski definition) is 16. The first-order chi connectivity index (χ1) is 24.2. The Morgan fingerprint density at radius 2 is 1.04 bits per heavy atom. The summed E-state index contributed by atoms with van der Waals surface area (Å²) in [4.78, 5) is 82.0. The predicted octanol–water partition coefficient (Wildman–Crippen LogP) is -5.04. The lowest BCUT2D eigenvalue weighted by Gasteiger charge is -2.05. The van der Waals surface area contributed by atoms with Crippen molar-refractivity contribution >= 4 is 58.2 Å². The number of halogens is 1. The van der Waals surface area contributed by atoms with Gasteiger partial charge in [-0.2, -0.15) is 0 Å². The van der Waals surface area contributed by atoms with Crippen LogP contribution in [0.25, 0.3) is 0 Å². The van der Waals surface area contributed by atoms with Crippen molar-refractivity contribution in [2.24, 2.45) is 46.1 Å². The van der Waals surface area contributed by atoms with E-state index < -0.39 is 24.0 Å².